The standard InChI is InChI=1S/C18H16N2O4/c1-3-12-4-5-14-13(7-17(21)24-16(14)6-12)10-23-18(22)15-9-19-11(2)8-20-15/h4-9H,3,10H2,1-2H3. The summed E-state index contributed by atoms with van der Waals surface area (Å²) in [5.41, 5.74) is 2.51. The molecule has 0 amide bonds. The molecule has 0 aliphatic rings. The lowest BCUT2D eigenvalue weighted by molar-refractivity contribution is 0.0466. The number of aromatic nitrogens is 2. The number of carbonyl (C=O) groups is 1. The van der Waals surface area contributed by atoms with Gasteiger partial charge in [0, 0.05) is 23.2 Å². The van der Waals surface area contributed by atoms with E-state index in [2.05, 4.69) is 9.97 Å². The van der Waals surface area contributed by atoms with Gasteiger partial charge in [0.25, 0.3) is 0 Å². The molecule has 0 saturated heterocycles. The van der Waals surface area contributed by atoms with Gasteiger partial charge in [-0.15, -0.1) is 0 Å². The predicted molar refractivity (Wildman–Crippen MR) is 87.8 cm³/mol. The van der Waals surface area contributed by atoms with Gasteiger partial charge in [-0.25, -0.2) is 14.6 Å². The Kier molecular flexibility index (Phi) is 4.37. The lowest BCUT2D eigenvalue weighted by Gasteiger charge is -2.08. The summed E-state index contributed by atoms with van der Waals surface area (Å²) in [6.45, 7) is 3.76. The normalized spacial score (nSPS) is 10.8. The quantitative estimate of drug-likeness (QED) is 0.542. The van der Waals surface area contributed by atoms with Gasteiger partial charge in [0.2, 0.25) is 0 Å². The minimum Gasteiger partial charge on any atom is -0.456 e. The third-order valence-electron chi connectivity index (χ3n) is 3.65. The minimum atomic E-state index is -0.589. The number of nitrogens with zero attached hydrogens (tertiary/aromatic N) is 2. The molecular weight excluding hydrogens is 308 g/mol. The average molecular weight is 324 g/mol. The number of hydrogen-bond donors (Lipinski definition) is 0. The van der Waals surface area contributed by atoms with Crippen LogP contribution in [0.3, 0.4) is 0 Å². The smallest absolute Gasteiger partial charge is 0.358 e. The first-order chi connectivity index (χ1) is 11.6. The van der Waals surface area contributed by atoms with E-state index in [9.17, 15) is 9.59 Å². The Morgan fingerprint density at radius 2 is 2.04 bits per heavy atom. The van der Waals surface area contributed by atoms with Crippen molar-refractivity contribution in [3.8, 4) is 0 Å². The Morgan fingerprint density at radius 1 is 1.21 bits per heavy atom. The molecule has 122 valence electrons. The molecule has 6 nitrogen and oxygen atoms in total. The van der Waals surface area contributed by atoms with Gasteiger partial charge in [0.05, 0.1) is 11.9 Å². The second-order valence-corrected chi connectivity index (χ2v) is 5.39. The van der Waals surface area contributed by atoms with Crippen LogP contribution in [-0.4, -0.2) is 15.9 Å². The van der Waals surface area contributed by atoms with Crippen LogP contribution in [0.4, 0.5) is 0 Å². The summed E-state index contributed by atoms with van der Waals surface area (Å²) in [4.78, 5) is 31.7. The molecule has 0 N–H and O–H groups in total. The number of ether oxygens (including phenoxy) is 1. The zero-order valence-corrected chi connectivity index (χ0v) is 13.4. The molecule has 2 aromatic heterocycles. The Bertz CT molecular complexity index is 945. The molecule has 3 aromatic rings. The van der Waals surface area contributed by atoms with E-state index in [1.165, 1.54) is 18.5 Å². The fraction of sp³-hybridized carbons (Fsp3) is 0.222. The van der Waals surface area contributed by atoms with Gasteiger partial charge in [-0.05, 0) is 25.0 Å². The van der Waals surface area contributed by atoms with E-state index in [0.29, 0.717) is 16.8 Å². The number of fused-ring (bicyclic) bond motifs is 1. The maximum atomic E-state index is 12.0. The SMILES string of the molecule is CCc1ccc2c(COC(=O)c3cnc(C)cn3)cc(=O)oc2c1. The number of rotatable bonds is 4. The maximum Gasteiger partial charge on any atom is 0.358 e. The van der Waals surface area contributed by atoms with Gasteiger partial charge in [-0.3, -0.25) is 4.98 Å². The predicted octanol–water partition coefficient (Wildman–Crippen LogP) is 2.81. The summed E-state index contributed by atoms with van der Waals surface area (Å²) in [6, 6.07) is 6.99. The maximum absolute atomic E-state index is 12.0. The summed E-state index contributed by atoms with van der Waals surface area (Å²) in [7, 11) is 0. The largest absolute Gasteiger partial charge is 0.456 e. The van der Waals surface area contributed by atoms with E-state index in [0.717, 1.165) is 17.4 Å². The molecule has 2 heterocycles. The van der Waals surface area contributed by atoms with Crippen LogP contribution in [0.2, 0.25) is 0 Å². The van der Waals surface area contributed by atoms with Crippen LogP contribution in [0.25, 0.3) is 11.0 Å². The average Bonchev–Trinajstić information content (AvgIpc) is 2.59. The highest BCUT2D eigenvalue weighted by molar-refractivity contribution is 5.87. The molecular formula is C18H16N2O4. The van der Waals surface area contributed by atoms with Crippen LogP contribution in [0.5, 0.6) is 0 Å². The van der Waals surface area contributed by atoms with Crippen molar-refractivity contribution in [2.75, 3.05) is 0 Å². The van der Waals surface area contributed by atoms with Crippen LogP contribution in [0, 0.1) is 6.92 Å². The van der Waals surface area contributed by atoms with Gasteiger partial charge in [-0.1, -0.05) is 19.1 Å². The van der Waals surface area contributed by atoms with Crippen molar-refractivity contribution in [1.29, 1.82) is 0 Å². The molecule has 6 heteroatoms. The lowest BCUT2D eigenvalue weighted by Crippen LogP contribution is -2.10. The second-order valence-electron chi connectivity index (χ2n) is 5.39. The van der Waals surface area contributed by atoms with Gasteiger partial charge < -0.3 is 9.15 Å². The Morgan fingerprint density at radius 3 is 2.75 bits per heavy atom. The highest BCUT2D eigenvalue weighted by Crippen LogP contribution is 2.20. The van der Waals surface area contributed by atoms with Gasteiger partial charge in [0.15, 0.2) is 5.69 Å². The highest BCUT2D eigenvalue weighted by atomic mass is 16.5. The molecule has 0 fully saturated rings. The second kappa shape index (κ2) is 6.62. The van der Waals surface area contributed by atoms with E-state index >= 15 is 0 Å². The van der Waals surface area contributed by atoms with E-state index in [1.807, 2.05) is 25.1 Å². The van der Waals surface area contributed by atoms with Crippen LogP contribution < -0.4 is 5.63 Å². The Labute approximate surface area is 138 Å². The molecule has 0 bridgehead atoms. The van der Waals surface area contributed by atoms with Crippen LogP contribution in [0.15, 0.2) is 45.9 Å². The number of esters is 1. The molecule has 1 aromatic carbocycles. The van der Waals surface area contributed by atoms with Crippen molar-refractivity contribution in [1.82, 2.24) is 9.97 Å². The van der Waals surface area contributed by atoms with Crippen LogP contribution in [0.1, 0.15) is 34.2 Å². The molecule has 0 aliphatic carbocycles. The highest BCUT2D eigenvalue weighted by Gasteiger charge is 2.12. The van der Waals surface area contributed by atoms with Crippen molar-refractivity contribution in [2.45, 2.75) is 26.9 Å². The van der Waals surface area contributed by atoms with Crippen molar-refractivity contribution in [3.63, 3.8) is 0 Å². The first-order valence-electron chi connectivity index (χ1n) is 7.58. The molecule has 3 rings (SSSR count). The third-order valence-corrected chi connectivity index (χ3v) is 3.65. The molecule has 0 aliphatic heterocycles. The van der Waals surface area contributed by atoms with E-state index in [4.69, 9.17) is 9.15 Å². The topological polar surface area (TPSA) is 82.3 Å². The van der Waals surface area contributed by atoms with Gasteiger partial charge in [0.1, 0.15) is 12.2 Å². The van der Waals surface area contributed by atoms with E-state index in [1.54, 1.807) is 6.92 Å². The minimum absolute atomic E-state index is 0.0397. The Hall–Kier alpha value is -3.02. The van der Waals surface area contributed by atoms with Crippen molar-refractivity contribution < 1.29 is 13.9 Å². The van der Waals surface area contributed by atoms with Crippen molar-refractivity contribution in [2.24, 2.45) is 0 Å². The monoisotopic (exact) mass is 324 g/mol. The van der Waals surface area contributed by atoms with Crippen LogP contribution >= 0.6 is 0 Å². The Balaban J connectivity index is 1.85. The van der Waals surface area contributed by atoms with Crippen LogP contribution in [-0.2, 0) is 17.8 Å². The summed E-state index contributed by atoms with van der Waals surface area (Å²) in [6.07, 6.45) is 3.70. The van der Waals surface area contributed by atoms with E-state index in [-0.39, 0.29) is 12.3 Å². The number of aryl methyl sites for hydroxylation is 2. The lowest BCUT2D eigenvalue weighted by atomic mass is 10.1. The molecule has 0 saturated carbocycles. The molecule has 0 atom stereocenters. The summed E-state index contributed by atoms with van der Waals surface area (Å²) in [5, 5.41) is 0.745. The first-order valence-corrected chi connectivity index (χ1v) is 7.58. The van der Waals surface area contributed by atoms with Gasteiger partial charge in [-0.2, -0.15) is 0 Å². The number of benzene rings is 1. The fourth-order valence-electron chi connectivity index (χ4n) is 2.33. The van der Waals surface area contributed by atoms with Gasteiger partial charge >= 0.3 is 11.6 Å². The fourth-order valence-corrected chi connectivity index (χ4v) is 2.33. The molecule has 0 spiro atoms. The zero-order valence-electron chi connectivity index (χ0n) is 13.4. The first kappa shape index (κ1) is 15.9. The molecule has 24 heavy (non-hydrogen) atoms. The van der Waals surface area contributed by atoms with E-state index < -0.39 is 11.6 Å². The number of carbonyl (C=O) groups excluding carboxylic acids is 1. The summed E-state index contributed by atoms with van der Waals surface area (Å²) in [5.74, 6) is -0.589. The van der Waals surface area contributed by atoms with Crippen molar-refractivity contribution >= 4 is 16.9 Å². The third kappa shape index (κ3) is 3.32. The molecule has 0 unspecified atom stereocenters. The van der Waals surface area contributed by atoms with Crippen molar-refractivity contribution in [3.05, 3.63) is 69.6 Å². The zero-order chi connectivity index (χ0) is 17.1. The summed E-state index contributed by atoms with van der Waals surface area (Å²) >= 11 is 0. The number of hydrogen-bond acceptors (Lipinski definition) is 6. The molecule has 0 radical (unpaired) electrons. The summed E-state index contributed by atoms with van der Waals surface area (Å²) < 4.78 is 10.5.